The van der Waals surface area contributed by atoms with Crippen LogP contribution in [0.5, 0.6) is 0 Å². The van der Waals surface area contributed by atoms with Crippen LogP contribution in [0.15, 0.2) is 0 Å². The van der Waals surface area contributed by atoms with Crippen LogP contribution in [0, 0.1) is 0 Å². The molecule has 0 aromatic heterocycles. The largest absolute Gasteiger partial charge is 0.379 e. The average molecular weight is 158 g/mol. The number of nitrogens with two attached hydrogens (primary N) is 1. The minimum absolute atomic E-state index is 0.274. The maximum atomic E-state index is 5.70. The van der Waals surface area contributed by atoms with Crippen molar-refractivity contribution < 1.29 is 4.74 Å². The van der Waals surface area contributed by atoms with E-state index in [1.807, 2.05) is 6.92 Å². The lowest BCUT2D eigenvalue weighted by Gasteiger charge is -2.34. The molecule has 1 rings (SSSR count). The first-order chi connectivity index (χ1) is 5.20. The van der Waals surface area contributed by atoms with Crippen LogP contribution in [0.4, 0.5) is 0 Å². The zero-order chi connectivity index (χ0) is 8.27. The van der Waals surface area contributed by atoms with E-state index in [1.165, 1.54) is 0 Å². The minimum atomic E-state index is 0.274. The zero-order valence-corrected chi connectivity index (χ0v) is 7.42. The van der Waals surface area contributed by atoms with E-state index in [2.05, 4.69) is 11.8 Å². The number of rotatable bonds is 2. The van der Waals surface area contributed by atoms with Gasteiger partial charge in [0, 0.05) is 25.2 Å². The molecule has 2 atom stereocenters. The van der Waals surface area contributed by atoms with Gasteiger partial charge in [-0.3, -0.25) is 4.90 Å². The Kier molecular flexibility index (Phi) is 3.30. The van der Waals surface area contributed by atoms with Crippen LogP contribution in [0.2, 0.25) is 0 Å². The normalized spacial score (nSPS) is 30.3. The van der Waals surface area contributed by atoms with Crippen molar-refractivity contribution in [2.24, 2.45) is 5.73 Å². The Labute approximate surface area is 68.5 Å². The van der Waals surface area contributed by atoms with E-state index in [1.54, 1.807) is 0 Å². The second kappa shape index (κ2) is 4.04. The maximum absolute atomic E-state index is 5.70. The molecule has 0 spiro atoms. The molecule has 3 heteroatoms. The summed E-state index contributed by atoms with van der Waals surface area (Å²) in [5.74, 6) is 0. The van der Waals surface area contributed by atoms with E-state index < -0.39 is 0 Å². The summed E-state index contributed by atoms with van der Waals surface area (Å²) in [4.78, 5) is 2.38. The van der Waals surface area contributed by atoms with Gasteiger partial charge in [0.25, 0.3) is 0 Å². The zero-order valence-electron chi connectivity index (χ0n) is 7.42. The average Bonchev–Trinajstić information content (AvgIpc) is 1.93. The molecule has 0 aromatic carbocycles. The molecule has 1 aliphatic rings. The lowest BCUT2D eigenvalue weighted by molar-refractivity contribution is -0.00200. The first-order valence-corrected chi connectivity index (χ1v) is 4.27. The summed E-state index contributed by atoms with van der Waals surface area (Å²) >= 11 is 0. The fourth-order valence-electron chi connectivity index (χ4n) is 1.40. The van der Waals surface area contributed by atoms with Crippen molar-refractivity contribution in [3.63, 3.8) is 0 Å². The van der Waals surface area contributed by atoms with Gasteiger partial charge in [-0.15, -0.1) is 0 Å². The van der Waals surface area contributed by atoms with Crippen LogP contribution in [-0.2, 0) is 4.74 Å². The van der Waals surface area contributed by atoms with Crippen LogP contribution in [0.3, 0.4) is 0 Å². The van der Waals surface area contributed by atoms with Gasteiger partial charge >= 0.3 is 0 Å². The second-order valence-corrected chi connectivity index (χ2v) is 3.40. The molecule has 1 fully saturated rings. The fraction of sp³-hybridized carbons (Fsp3) is 1.00. The molecular weight excluding hydrogens is 140 g/mol. The number of hydrogen-bond acceptors (Lipinski definition) is 3. The summed E-state index contributed by atoms with van der Waals surface area (Å²) in [6, 6.07) is 0.810. The van der Waals surface area contributed by atoms with Crippen molar-refractivity contribution in [3.05, 3.63) is 0 Å². The lowest BCUT2D eigenvalue weighted by Crippen LogP contribution is -2.48. The SMILES string of the molecule is C[C@H](N)CN1CCOC[C@H]1C. The monoisotopic (exact) mass is 158 g/mol. The van der Waals surface area contributed by atoms with Gasteiger partial charge < -0.3 is 10.5 Å². The Morgan fingerprint density at radius 1 is 1.73 bits per heavy atom. The molecule has 66 valence electrons. The van der Waals surface area contributed by atoms with Crippen molar-refractivity contribution in [1.82, 2.24) is 4.90 Å². The van der Waals surface area contributed by atoms with Crippen molar-refractivity contribution in [2.45, 2.75) is 25.9 Å². The summed E-state index contributed by atoms with van der Waals surface area (Å²) in [7, 11) is 0. The molecule has 3 nitrogen and oxygen atoms in total. The molecule has 0 saturated carbocycles. The lowest BCUT2D eigenvalue weighted by atomic mass is 10.2. The molecule has 2 N–H and O–H groups in total. The Bertz CT molecular complexity index is 117. The summed E-state index contributed by atoms with van der Waals surface area (Å²) in [6.45, 7) is 7.96. The molecule has 0 bridgehead atoms. The third-order valence-electron chi connectivity index (χ3n) is 2.03. The quantitative estimate of drug-likeness (QED) is 0.617. The molecule has 11 heavy (non-hydrogen) atoms. The van der Waals surface area contributed by atoms with E-state index in [4.69, 9.17) is 10.5 Å². The smallest absolute Gasteiger partial charge is 0.0619 e. The predicted molar refractivity (Wildman–Crippen MR) is 45.5 cm³/mol. The van der Waals surface area contributed by atoms with Gasteiger partial charge in [0.2, 0.25) is 0 Å². The summed E-state index contributed by atoms with van der Waals surface area (Å²) in [5.41, 5.74) is 5.70. The van der Waals surface area contributed by atoms with E-state index >= 15 is 0 Å². The van der Waals surface area contributed by atoms with Crippen LogP contribution < -0.4 is 5.73 Å². The van der Waals surface area contributed by atoms with Gasteiger partial charge in [0.15, 0.2) is 0 Å². The van der Waals surface area contributed by atoms with Crippen LogP contribution in [0.25, 0.3) is 0 Å². The first kappa shape index (κ1) is 8.97. The van der Waals surface area contributed by atoms with E-state index in [0.717, 1.165) is 26.3 Å². The molecule has 0 aromatic rings. The van der Waals surface area contributed by atoms with Gasteiger partial charge in [0.05, 0.1) is 13.2 Å². The van der Waals surface area contributed by atoms with Gasteiger partial charge in [0.1, 0.15) is 0 Å². The van der Waals surface area contributed by atoms with Crippen LogP contribution >= 0.6 is 0 Å². The minimum Gasteiger partial charge on any atom is -0.379 e. The molecule has 1 heterocycles. The van der Waals surface area contributed by atoms with Crippen molar-refractivity contribution in [3.8, 4) is 0 Å². The standard InChI is InChI=1S/C8H18N2O/c1-7(9)5-10-3-4-11-6-8(10)2/h7-8H,3-6,9H2,1-2H3/t7-,8+/m0/s1. The third kappa shape index (κ3) is 2.77. The highest BCUT2D eigenvalue weighted by Crippen LogP contribution is 2.05. The molecule has 0 aliphatic carbocycles. The summed E-state index contributed by atoms with van der Waals surface area (Å²) in [6.07, 6.45) is 0. The van der Waals surface area contributed by atoms with Crippen LogP contribution in [-0.4, -0.2) is 43.3 Å². The highest BCUT2D eigenvalue weighted by Gasteiger charge is 2.18. The maximum Gasteiger partial charge on any atom is 0.0619 e. The highest BCUT2D eigenvalue weighted by atomic mass is 16.5. The van der Waals surface area contributed by atoms with Gasteiger partial charge in [-0.2, -0.15) is 0 Å². The summed E-state index contributed by atoms with van der Waals surface area (Å²) in [5, 5.41) is 0. The number of hydrogen-bond donors (Lipinski definition) is 1. The molecule has 0 radical (unpaired) electrons. The number of nitrogens with zero attached hydrogens (tertiary/aromatic N) is 1. The van der Waals surface area contributed by atoms with Crippen molar-refractivity contribution >= 4 is 0 Å². The number of morpholine rings is 1. The molecule has 1 saturated heterocycles. The van der Waals surface area contributed by atoms with Gasteiger partial charge in [-0.25, -0.2) is 0 Å². The van der Waals surface area contributed by atoms with Crippen molar-refractivity contribution in [1.29, 1.82) is 0 Å². The summed E-state index contributed by atoms with van der Waals surface area (Å²) < 4.78 is 5.31. The van der Waals surface area contributed by atoms with E-state index in [0.29, 0.717) is 6.04 Å². The van der Waals surface area contributed by atoms with Gasteiger partial charge in [-0.05, 0) is 13.8 Å². The highest BCUT2D eigenvalue weighted by molar-refractivity contribution is 4.73. The molecular formula is C8H18N2O. The number of ether oxygens (including phenoxy) is 1. The Balaban J connectivity index is 2.29. The van der Waals surface area contributed by atoms with Crippen LogP contribution in [0.1, 0.15) is 13.8 Å². The Hall–Kier alpha value is -0.120. The molecule has 0 unspecified atom stereocenters. The fourth-order valence-corrected chi connectivity index (χ4v) is 1.40. The molecule has 1 aliphatic heterocycles. The molecule has 0 amide bonds. The first-order valence-electron chi connectivity index (χ1n) is 4.27. The second-order valence-electron chi connectivity index (χ2n) is 3.40. The topological polar surface area (TPSA) is 38.5 Å². The van der Waals surface area contributed by atoms with Gasteiger partial charge in [-0.1, -0.05) is 0 Å². The third-order valence-corrected chi connectivity index (χ3v) is 2.03. The Morgan fingerprint density at radius 3 is 3.00 bits per heavy atom. The van der Waals surface area contributed by atoms with Crippen molar-refractivity contribution in [2.75, 3.05) is 26.3 Å². The van der Waals surface area contributed by atoms with E-state index in [9.17, 15) is 0 Å². The Morgan fingerprint density at radius 2 is 2.45 bits per heavy atom. The predicted octanol–water partition coefficient (Wildman–Crippen LogP) is 0.0543. The van der Waals surface area contributed by atoms with E-state index in [-0.39, 0.29) is 6.04 Å².